The van der Waals surface area contributed by atoms with Crippen LogP contribution in [0.4, 0.5) is 5.69 Å². The van der Waals surface area contributed by atoms with Crippen LogP contribution in [0, 0.1) is 0 Å². The zero-order chi connectivity index (χ0) is 12.8. The number of hydrogen-bond donors (Lipinski definition) is 1. The lowest BCUT2D eigenvalue weighted by atomic mass is 10.1. The molecule has 4 heteroatoms. The van der Waals surface area contributed by atoms with E-state index in [1.165, 1.54) is 37.9 Å². The predicted octanol–water partition coefficient (Wildman–Crippen LogP) is 2.90. The molecule has 0 spiro atoms. The lowest BCUT2D eigenvalue weighted by molar-refractivity contribution is 0.221. The monoisotopic (exact) mass is 265 g/mol. The second-order valence-corrected chi connectivity index (χ2v) is 5.01. The molecule has 1 heterocycles. The third kappa shape index (κ3) is 4.00. The van der Waals surface area contributed by atoms with Gasteiger partial charge >= 0.3 is 0 Å². The highest BCUT2D eigenvalue weighted by Crippen LogP contribution is 2.18. The molecule has 3 nitrogen and oxygen atoms in total. The minimum Gasteiger partial charge on any atom is -0.386 e. The average Bonchev–Trinajstić information content (AvgIpc) is 2.40. The Morgan fingerprint density at radius 1 is 1.28 bits per heavy atom. The molecule has 18 heavy (non-hydrogen) atoms. The molecule has 1 aliphatic rings. The van der Waals surface area contributed by atoms with Gasteiger partial charge in [0.15, 0.2) is 0 Å². The van der Waals surface area contributed by atoms with Crippen LogP contribution in [0.1, 0.15) is 24.8 Å². The largest absolute Gasteiger partial charge is 0.386 e. The summed E-state index contributed by atoms with van der Waals surface area (Å²) < 4.78 is 0. The minimum absolute atomic E-state index is 0.274. The first kappa shape index (κ1) is 13.4. The Morgan fingerprint density at radius 2 is 2.06 bits per heavy atom. The highest BCUT2D eigenvalue weighted by Gasteiger charge is 2.10. The SMILES string of the molecule is NC(CCl)=Nc1cccc(CN2CCCCC2)c1. The molecule has 0 aliphatic carbocycles. The molecule has 2 N–H and O–H groups in total. The zero-order valence-electron chi connectivity index (χ0n) is 10.6. The zero-order valence-corrected chi connectivity index (χ0v) is 11.4. The maximum absolute atomic E-state index is 5.65. The fourth-order valence-corrected chi connectivity index (χ4v) is 2.36. The van der Waals surface area contributed by atoms with Crippen LogP contribution in [-0.4, -0.2) is 29.7 Å². The van der Waals surface area contributed by atoms with Crippen molar-refractivity contribution in [1.82, 2.24) is 4.90 Å². The summed E-state index contributed by atoms with van der Waals surface area (Å²) in [6.07, 6.45) is 4.00. The lowest BCUT2D eigenvalue weighted by Crippen LogP contribution is -2.29. The number of likely N-dealkylation sites (tertiary alicyclic amines) is 1. The van der Waals surface area contributed by atoms with Crippen LogP contribution in [0.3, 0.4) is 0 Å². The Balaban J connectivity index is 2.02. The van der Waals surface area contributed by atoms with Gasteiger partial charge in [0.2, 0.25) is 0 Å². The van der Waals surface area contributed by atoms with E-state index in [1.807, 2.05) is 12.1 Å². The smallest absolute Gasteiger partial charge is 0.115 e. The molecule has 98 valence electrons. The molecule has 1 aromatic carbocycles. The molecule has 1 aromatic rings. The summed E-state index contributed by atoms with van der Waals surface area (Å²) in [5.41, 5.74) is 7.83. The number of nitrogens with two attached hydrogens (primary N) is 1. The van der Waals surface area contributed by atoms with E-state index in [0.29, 0.717) is 5.84 Å². The average molecular weight is 266 g/mol. The number of alkyl halides is 1. The molecular weight excluding hydrogens is 246 g/mol. The molecule has 1 aliphatic heterocycles. The van der Waals surface area contributed by atoms with Crippen molar-refractivity contribution in [2.45, 2.75) is 25.8 Å². The normalized spacial score (nSPS) is 17.9. The summed E-state index contributed by atoms with van der Waals surface area (Å²) in [4.78, 5) is 6.77. The molecule has 0 radical (unpaired) electrons. The second-order valence-electron chi connectivity index (χ2n) is 4.74. The molecule has 2 rings (SSSR count). The van der Waals surface area contributed by atoms with E-state index in [9.17, 15) is 0 Å². The Morgan fingerprint density at radius 3 is 2.78 bits per heavy atom. The Bertz CT molecular complexity index is 411. The van der Waals surface area contributed by atoms with Crippen molar-refractivity contribution < 1.29 is 0 Å². The molecule has 0 atom stereocenters. The topological polar surface area (TPSA) is 41.6 Å². The summed E-state index contributed by atoms with van der Waals surface area (Å²) in [6, 6.07) is 8.22. The highest BCUT2D eigenvalue weighted by atomic mass is 35.5. The number of piperidine rings is 1. The van der Waals surface area contributed by atoms with E-state index < -0.39 is 0 Å². The third-order valence-corrected chi connectivity index (χ3v) is 3.45. The van der Waals surface area contributed by atoms with Crippen molar-refractivity contribution >= 4 is 23.1 Å². The van der Waals surface area contributed by atoms with E-state index in [2.05, 4.69) is 22.0 Å². The molecule has 0 unspecified atom stereocenters. The van der Waals surface area contributed by atoms with Crippen LogP contribution < -0.4 is 5.73 Å². The Labute approximate surface area is 114 Å². The van der Waals surface area contributed by atoms with Gasteiger partial charge in [0.25, 0.3) is 0 Å². The van der Waals surface area contributed by atoms with E-state index in [0.717, 1.165) is 12.2 Å². The van der Waals surface area contributed by atoms with E-state index in [-0.39, 0.29) is 5.88 Å². The summed E-state index contributed by atoms with van der Waals surface area (Å²) in [7, 11) is 0. The van der Waals surface area contributed by atoms with Crippen molar-refractivity contribution in [1.29, 1.82) is 0 Å². The first-order chi connectivity index (χ1) is 8.78. The predicted molar refractivity (Wildman–Crippen MR) is 77.6 cm³/mol. The molecule has 0 aromatic heterocycles. The summed E-state index contributed by atoms with van der Waals surface area (Å²) >= 11 is 5.63. The number of rotatable bonds is 4. The van der Waals surface area contributed by atoms with Gasteiger partial charge in [-0.15, -0.1) is 11.6 Å². The molecular formula is C14H20ClN3. The Hall–Kier alpha value is -1.06. The summed E-state index contributed by atoms with van der Waals surface area (Å²) in [5, 5.41) is 0. The molecule has 0 amide bonds. The van der Waals surface area contributed by atoms with E-state index in [4.69, 9.17) is 17.3 Å². The fourth-order valence-electron chi connectivity index (χ4n) is 2.30. The van der Waals surface area contributed by atoms with Crippen molar-refractivity contribution in [3.05, 3.63) is 29.8 Å². The number of amidine groups is 1. The maximum Gasteiger partial charge on any atom is 0.115 e. The first-order valence-corrected chi connectivity index (χ1v) is 7.01. The highest BCUT2D eigenvalue weighted by molar-refractivity contribution is 6.28. The summed E-state index contributed by atoms with van der Waals surface area (Å²) in [6.45, 7) is 3.42. The molecule has 1 fully saturated rings. The first-order valence-electron chi connectivity index (χ1n) is 6.48. The van der Waals surface area contributed by atoms with Gasteiger partial charge < -0.3 is 5.73 Å². The maximum atomic E-state index is 5.65. The van der Waals surface area contributed by atoms with Gasteiger partial charge in [-0.1, -0.05) is 18.6 Å². The number of halogens is 1. The molecule has 1 saturated heterocycles. The number of aliphatic imine (C=N–C) groups is 1. The standard InChI is InChI=1S/C14H20ClN3/c15-10-14(16)17-13-6-4-5-12(9-13)11-18-7-2-1-3-8-18/h4-6,9H,1-3,7-8,10-11H2,(H2,16,17). The van der Waals surface area contributed by atoms with Crippen molar-refractivity contribution in [2.24, 2.45) is 10.7 Å². The fraction of sp³-hybridized carbons (Fsp3) is 0.500. The van der Waals surface area contributed by atoms with Gasteiger partial charge in [0, 0.05) is 6.54 Å². The third-order valence-electron chi connectivity index (χ3n) is 3.18. The van der Waals surface area contributed by atoms with Crippen LogP contribution in [-0.2, 0) is 6.54 Å². The lowest BCUT2D eigenvalue weighted by Gasteiger charge is -2.26. The van der Waals surface area contributed by atoms with Crippen LogP contribution >= 0.6 is 11.6 Å². The number of nitrogens with zero attached hydrogens (tertiary/aromatic N) is 2. The van der Waals surface area contributed by atoms with Crippen LogP contribution in [0.15, 0.2) is 29.3 Å². The number of benzene rings is 1. The quantitative estimate of drug-likeness (QED) is 0.517. The molecule has 0 bridgehead atoms. The van der Waals surface area contributed by atoms with Gasteiger partial charge in [-0.25, -0.2) is 4.99 Å². The molecule has 0 saturated carbocycles. The summed E-state index contributed by atoms with van der Waals surface area (Å²) in [5.74, 6) is 0.739. The van der Waals surface area contributed by atoms with Crippen molar-refractivity contribution in [2.75, 3.05) is 19.0 Å². The van der Waals surface area contributed by atoms with Crippen molar-refractivity contribution in [3.8, 4) is 0 Å². The van der Waals surface area contributed by atoms with Gasteiger partial charge in [0.1, 0.15) is 5.84 Å². The van der Waals surface area contributed by atoms with Crippen LogP contribution in [0.5, 0.6) is 0 Å². The van der Waals surface area contributed by atoms with E-state index in [1.54, 1.807) is 0 Å². The number of hydrogen-bond acceptors (Lipinski definition) is 2. The Kier molecular flexibility index (Phi) is 5.02. The van der Waals surface area contributed by atoms with Gasteiger partial charge in [-0.2, -0.15) is 0 Å². The minimum atomic E-state index is 0.274. The van der Waals surface area contributed by atoms with Crippen LogP contribution in [0.2, 0.25) is 0 Å². The van der Waals surface area contributed by atoms with Crippen LogP contribution in [0.25, 0.3) is 0 Å². The van der Waals surface area contributed by atoms with Gasteiger partial charge in [-0.05, 0) is 43.6 Å². The van der Waals surface area contributed by atoms with Crippen molar-refractivity contribution in [3.63, 3.8) is 0 Å². The second kappa shape index (κ2) is 6.76. The van der Waals surface area contributed by atoms with E-state index >= 15 is 0 Å². The van der Waals surface area contributed by atoms with Gasteiger partial charge in [-0.3, -0.25) is 4.90 Å². The van der Waals surface area contributed by atoms with Gasteiger partial charge in [0.05, 0.1) is 11.6 Å².